The Balaban J connectivity index is 1.82. The minimum absolute atomic E-state index is 0.0556. The summed E-state index contributed by atoms with van der Waals surface area (Å²) < 4.78 is 19.8. The van der Waals surface area contributed by atoms with E-state index in [1.54, 1.807) is 30.3 Å². The van der Waals surface area contributed by atoms with Crippen molar-refractivity contribution in [1.29, 1.82) is 0 Å². The molecular formula is C16H12BrFN4O2. The Kier molecular flexibility index (Phi) is 4.57. The lowest BCUT2D eigenvalue weighted by atomic mass is 10.1. The van der Waals surface area contributed by atoms with Crippen molar-refractivity contribution >= 4 is 21.8 Å². The number of aromatic amines is 1. The molecule has 0 bridgehead atoms. The van der Waals surface area contributed by atoms with Gasteiger partial charge in [0, 0.05) is 15.6 Å². The number of nitrogens with two attached hydrogens (primary N) is 1. The van der Waals surface area contributed by atoms with Crippen LogP contribution >= 0.6 is 15.9 Å². The van der Waals surface area contributed by atoms with Gasteiger partial charge < -0.3 is 10.5 Å². The Morgan fingerprint density at radius 1 is 1.25 bits per heavy atom. The molecule has 0 unspecified atom stereocenters. The Morgan fingerprint density at radius 2 is 2.08 bits per heavy atom. The van der Waals surface area contributed by atoms with Crippen LogP contribution in [-0.2, 0) is 6.61 Å². The van der Waals surface area contributed by atoms with E-state index in [9.17, 15) is 9.18 Å². The Morgan fingerprint density at radius 3 is 2.88 bits per heavy atom. The molecule has 6 nitrogen and oxygen atoms in total. The van der Waals surface area contributed by atoms with E-state index in [-0.39, 0.29) is 18.1 Å². The van der Waals surface area contributed by atoms with E-state index in [2.05, 4.69) is 31.3 Å². The lowest BCUT2D eigenvalue weighted by Crippen LogP contribution is -2.12. The summed E-state index contributed by atoms with van der Waals surface area (Å²) in [5, 5.41) is 10.1. The average molecular weight is 391 g/mol. The molecule has 0 radical (unpaired) electrons. The first-order chi connectivity index (χ1) is 11.5. The number of rotatable bonds is 5. The van der Waals surface area contributed by atoms with Crippen LogP contribution in [0.4, 0.5) is 4.39 Å². The van der Waals surface area contributed by atoms with Crippen LogP contribution in [-0.4, -0.2) is 21.3 Å². The highest BCUT2D eigenvalue weighted by Crippen LogP contribution is 2.25. The van der Waals surface area contributed by atoms with Crippen molar-refractivity contribution in [3.8, 4) is 17.0 Å². The number of benzene rings is 2. The molecule has 1 aromatic heterocycles. The molecule has 0 aliphatic carbocycles. The third kappa shape index (κ3) is 3.43. The molecule has 0 spiro atoms. The smallest absolute Gasteiger partial charge is 0.271 e. The summed E-state index contributed by atoms with van der Waals surface area (Å²) in [7, 11) is 0. The van der Waals surface area contributed by atoms with Crippen LogP contribution in [0.3, 0.4) is 0 Å². The lowest BCUT2D eigenvalue weighted by Gasteiger charge is -2.09. The molecule has 24 heavy (non-hydrogen) atoms. The van der Waals surface area contributed by atoms with E-state index in [4.69, 9.17) is 10.5 Å². The van der Waals surface area contributed by atoms with Gasteiger partial charge in [-0.3, -0.25) is 4.79 Å². The lowest BCUT2D eigenvalue weighted by molar-refractivity contribution is 0.0996. The summed E-state index contributed by atoms with van der Waals surface area (Å²) in [5.74, 6) is -0.463. The van der Waals surface area contributed by atoms with Gasteiger partial charge in [0.25, 0.3) is 5.91 Å². The van der Waals surface area contributed by atoms with Crippen molar-refractivity contribution in [1.82, 2.24) is 15.4 Å². The van der Waals surface area contributed by atoms with Gasteiger partial charge in [0.2, 0.25) is 0 Å². The number of ether oxygens (including phenoxy) is 1. The third-order valence-corrected chi connectivity index (χ3v) is 4.06. The largest absolute Gasteiger partial charge is 0.489 e. The highest BCUT2D eigenvalue weighted by atomic mass is 79.9. The van der Waals surface area contributed by atoms with Gasteiger partial charge in [0.05, 0.1) is 0 Å². The maximum Gasteiger partial charge on any atom is 0.271 e. The fraction of sp³-hybridized carbons (Fsp3) is 0.0625. The molecule has 3 rings (SSSR count). The summed E-state index contributed by atoms with van der Waals surface area (Å²) in [6.45, 7) is 0.184. The number of H-pyrrole nitrogens is 1. The molecule has 0 saturated carbocycles. The summed E-state index contributed by atoms with van der Waals surface area (Å²) in [5.41, 5.74) is 6.98. The van der Waals surface area contributed by atoms with E-state index in [1.807, 2.05) is 0 Å². The number of aromatic nitrogens is 3. The fourth-order valence-corrected chi connectivity index (χ4v) is 2.51. The predicted molar refractivity (Wildman–Crippen MR) is 88.8 cm³/mol. The van der Waals surface area contributed by atoms with Crippen LogP contribution in [0.1, 0.15) is 16.1 Å². The molecule has 1 amide bonds. The molecule has 0 aliphatic heterocycles. The molecule has 3 N–H and O–H groups in total. The first kappa shape index (κ1) is 16.1. The zero-order chi connectivity index (χ0) is 17.1. The van der Waals surface area contributed by atoms with Crippen molar-refractivity contribution in [2.75, 3.05) is 0 Å². The molecule has 0 fully saturated rings. The minimum Gasteiger partial charge on any atom is -0.489 e. The standard InChI is InChI=1S/C16H12BrFN4O2/c17-13-5-4-11(18)6-10(13)8-24-12-3-1-2-9(7-12)14-15(16(19)23)21-22-20-14/h1-7H,8H2,(H2,19,23)(H,20,21,22). The molecule has 0 atom stereocenters. The number of hydrogen-bond acceptors (Lipinski definition) is 4. The van der Waals surface area contributed by atoms with Crippen molar-refractivity contribution in [2.24, 2.45) is 5.73 Å². The number of amides is 1. The zero-order valence-corrected chi connectivity index (χ0v) is 13.9. The number of nitrogens with one attached hydrogen (secondary N) is 1. The normalized spacial score (nSPS) is 10.6. The van der Waals surface area contributed by atoms with Gasteiger partial charge in [-0.2, -0.15) is 15.4 Å². The van der Waals surface area contributed by atoms with Crippen LogP contribution in [0, 0.1) is 5.82 Å². The van der Waals surface area contributed by atoms with Crippen molar-refractivity contribution < 1.29 is 13.9 Å². The molecular weight excluding hydrogens is 379 g/mol. The first-order valence-corrected chi connectivity index (χ1v) is 7.71. The maximum absolute atomic E-state index is 13.3. The van der Waals surface area contributed by atoms with Gasteiger partial charge in [-0.15, -0.1) is 0 Å². The second-order valence-corrected chi connectivity index (χ2v) is 5.79. The Bertz CT molecular complexity index is 897. The topological polar surface area (TPSA) is 93.9 Å². The van der Waals surface area contributed by atoms with E-state index in [0.29, 0.717) is 22.6 Å². The van der Waals surface area contributed by atoms with Crippen LogP contribution in [0.5, 0.6) is 5.75 Å². The molecule has 0 aliphatic rings. The van der Waals surface area contributed by atoms with Gasteiger partial charge in [-0.05, 0) is 30.3 Å². The Hall–Kier alpha value is -2.74. The number of nitrogens with zero attached hydrogens (tertiary/aromatic N) is 2. The number of primary amides is 1. The second kappa shape index (κ2) is 6.79. The van der Waals surface area contributed by atoms with Crippen LogP contribution in [0.25, 0.3) is 11.3 Å². The van der Waals surface area contributed by atoms with Gasteiger partial charge in [0.1, 0.15) is 23.9 Å². The SMILES string of the molecule is NC(=O)c1n[nH]nc1-c1cccc(OCc2cc(F)ccc2Br)c1. The monoisotopic (exact) mass is 390 g/mol. The quantitative estimate of drug-likeness (QED) is 0.699. The van der Waals surface area contributed by atoms with Crippen LogP contribution in [0.2, 0.25) is 0 Å². The van der Waals surface area contributed by atoms with E-state index < -0.39 is 5.91 Å². The highest BCUT2D eigenvalue weighted by Gasteiger charge is 2.15. The van der Waals surface area contributed by atoms with Gasteiger partial charge in [-0.1, -0.05) is 28.1 Å². The third-order valence-electron chi connectivity index (χ3n) is 3.29. The van der Waals surface area contributed by atoms with E-state index >= 15 is 0 Å². The van der Waals surface area contributed by atoms with Gasteiger partial charge in [0.15, 0.2) is 5.69 Å². The second-order valence-electron chi connectivity index (χ2n) is 4.94. The number of carbonyl (C=O) groups is 1. The molecule has 3 aromatic rings. The molecule has 0 saturated heterocycles. The minimum atomic E-state index is -0.672. The molecule has 122 valence electrons. The van der Waals surface area contributed by atoms with Crippen molar-refractivity contribution in [3.05, 3.63) is 64.0 Å². The molecule has 8 heteroatoms. The van der Waals surface area contributed by atoms with Crippen LogP contribution in [0.15, 0.2) is 46.9 Å². The zero-order valence-electron chi connectivity index (χ0n) is 12.3. The summed E-state index contributed by atoms with van der Waals surface area (Å²) >= 11 is 3.35. The predicted octanol–water partition coefficient (Wildman–Crippen LogP) is 3.05. The highest BCUT2D eigenvalue weighted by molar-refractivity contribution is 9.10. The van der Waals surface area contributed by atoms with Crippen molar-refractivity contribution in [3.63, 3.8) is 0 Å². The Labute approximate surface area is 145 Å². The molecule has 2 aromatic carbocycles. The summed E-state index contributed by atoms with van der Waals surface area (Å²) in [6, 6.07) is 11.4. The summed E-state index contributed by atoms with van der Waals surface area (Å²) in [4.78, 5) is 11.3. The molecule has 1 heterocycles. The number of carbonyl (C=O) groups excluding carboxylic acids is 1. The van der Waals surface area contributed by atoms with E-state index in [1.165, 1.54) is 12.1 Å². The van der Waals surface area contributed by atoms with Gasteiger partial charge in [-0.25, -0.2) is 4.39 Å². The fourth-order valence-electron chi connectivity index (χ4n) is 2.15. The van der Waals surface area contributed by atoms with Crippen molar-refractivity contribution in [2.45, 2.75) is 6.61 Å². The first-order valence-electron chi connectivity index (χ1n) is 6.92. The van der Waals surface area contributed by atoms with Crippen LogP contribution < -0.4 is 10.5 Å². The van der Waals surface area contributed by atoms with Gasteiger partial charge >= 0.3 is 0 Å². The number of halogens is 2. The maximum atomic E-state index is 13.3. The summed E-state index contributed by atoms with van der Waals surface area (Å²) in [6.07, 6.45) is 0. The van der Waals surface area contributed by atoms with E-state index in [0.717, 1.165) is 4.47 Å². The number of hydrogen-bond donors (Lipinski definition) is 2. The average Bonchev–Trinajstić information content (AvgIpc) is 3.06.